The van der Waals surface area contributed by atoms with Gasteiger partial charge in [0.2, 0.25) is 5.28 Å². The zero-order chi connectivity index (χ0) is 8.97. The molecule has 0 saturated carbocycles. The third-order valence-corrected chi connectivity index (χ3v) is 2.10. The van der Waals surface area contributed by atoms with E-state index >= 15 is 0 Å². The van der Waals surface area contributed by atoms with Crippen LogP contribution in [-0.2, 0) is 0 Å². The fraction of sp³-hybridized carbons (Fsp3) is 1.00. The van der Waals surface area contributed by atoms with Crippen molar-refractivity contribution in [3.8, 4) is 0 Å². The van der Waals surface area contributed by atoms with Crippen LogP contribution >= 0.6 is 0 Å². The summed E-state index contributed by atoms with van der Waals surface area (Å²) in [7, 11) is 0. The summed E-state index contributed by atoms with van der Waals surface area (Å²) in [6.45, 7) is 0.465. The monoisotopic (exact) mass is 199 g/mol. The largest absolute Gasteiger partial charge is 1.00 e. The van der Waals surface area contributed by atoms with Crippen LogP contribution in [0.4, 0.5) is 0 Å². The van der Waals surface area contributed by atoms with Gasteiger partial charge in [0.1, 0.15) is 6.04 Å². The molecule has 1 saturated heterocycles. The van der Waals surface area contributed by atoms with Crippen molar-refractivity contribution >= 4 is 0 Å². The summed E-state index contributed by atoms with van der Waals surface area (Å²) in [6.07, 6.45) is 2.66. The molecule has 0 spiro atoms. The van der Waals surface area contributed by atoms with Gasteiger partial charge in [-0.05, 0) is 19.3 Å². The molecular weight excluding hydrogens is 185 g/mol. The van der Waals surface area contributed by atoms with E-state index in [1.165, 1.54) is 5.01 Å². The Labute approximate surface area is 100 Å². The second-order valence-electron chi connectivity index (χ2n) is 2.84. The van der Waals surface area contributed by atoms with Crippen molar-refractivity contribution < 1.29 is 46.3 Å². The Morgan fingerprint density at radius 1 is 1.62 bits per heavy atom. The molecule has 0 aromatic heterocycles. The first-order valence-corrected chi connectivity index (χ1v) is 3.99. The summed E-state index contributed by atoms with van der Waals surface area (Å²) >= 11 is 0. The number of aliphatic hydroxyl groups excluding tert-OH is 1. The maximum Gasteiger partial charge on any atom is 1.00 e. The van der Waals surface area contributed by atoms with Crippen molar-refractivity contribution in [1.29, 1.82) is 0 Å². The SMILES string of the molecule is [H-].[Na+].[O-][N+](=NO)N1CCCCC1CO. The molecule has 0 bridgehead atoms. The van der Waals surface area contributed by atoms with Crippen molar-refractivity contribution in [3.05, 3.63) is 5.21 Å². The van der Waals surface area contributed by atoms with Crippen LogP contribution in [0.3, 0.4) is 0 Å². The number of rotatable bonds is 2. The number of aliphatic hydroxyl groups is 1. The van der Waals surface area contributed by atoms with Gasteiger partial charge in [0, 0.05) is 0 Å². The predicted octanol–water partition coefficient (Wildman–Crippen LogP) is -2.78. The van der Waals surface area contributed by atoms with Crippen LogP contribution in [0, 0.1) is 5.21 Å². The smallest absolute Gasteiger partial charge is 1.00 e. The third-order valence-electron chi connectivity index (χ3n) is 2.10. The quantitative estimate of drug-likeness (QED) is 0.218. The van der Waals surface area contributed by atoms with Crippen molar-refractivity contribution in [2.45, 2.75) is 25.3 Å². The maximum atomic E-state index is 10.9. The zero-order valence-corrected chi connectivity index (χ0v) is 9.76. The number of hydrogen-bond acceptors (Lipinski definition) is 3. The Bertz CT molecular complexity index is 184. The second-order valence-corrected chi connectivity index (χ2v) is 2.84. The van der Waals surface area contributed by atoms with Crippen LogP contribution in [0.15, 0.2) is 5.28 Å². The molecule has 1 atom stereocenters. The second kappa shape index (κ2) is 6.42. The van der Waals surface area contributed by atoms with E-state index in [4.69, 9.17) is 10.3 Å². The average molecular weight is 199 g/mol. The molecule has 0 aromatic carbocycles. The molecular formula is C6H14N3NaO3. The third kappa shape index (κ3) is 3.30. The van der Waals surface area contributed by atoms with E-state index in [9.17, 15) is 5.21 Å². The van der Waals surface area contributed by atoms with E-state index in [2.05, 4.69) is 5.28 Å². The van der Waals surface area contributed by atoms with E-state index in [-0.39, 0.29) is 48.6 Å². The first-order chi connectivity index (χ1) is 5.79. The molecule has 1 rings (SSSR count). The van der Waals surface area contributed by atoms with Crippen LogP contribution in [-0.4, -0.2) is 39.5 Å². The summed E-state index contributed by atoms with van der Waals surface area (Å²) in [5.74, 6) is 0. The summed E-state index contributed by atoms with van der Waals surface area (Å²) < 4.78 is 0. The van der Waals surface area contributed by atoms with E-state index < -0.39 is 0 Å². The van der Waals surface area contributed by atoms with Crippen molar-refractivity contribution in [2.75, 3.05) is 13.2 Å². The van der Waals surface area contributed by atoms with Gasteiger partial charge in [-0.15, -0.1) is 5.01 Å². The molecule has 7 heteroatoms. The van der Waals surface area contributed by atoms with Crippen LogP contribution in [0.2, 0.25) is 0 Å². The molecule has 1 fully saturated rings. The molecule has 13 heavy (non-hydrogen) atoms. The van der Waals surface area contributed by atoms with Crippen molar-refractivity contribution in [1.82, 2.24) is 5.01 Å². The van der Waals surface area contributed by atoms with E-state index in [0.717, 1.165) is 19.3 Å². The summed E-state index contributed by atoms with van der Waals surface area (Å²) in [6, 6.07) is -0.202. The Morgan fingerprint density at radius 3 is 2.85 bits per heavy atom. The standard InChI is InChI=1S/C6H13N3O3.Na.H/c10-5-6-3-1-2-4-8(6)9(12)7-11;;/h6,10-11H,1-5H2;;/q;+1;-1. The Hall–Kier alpha value is -0.0400. The molecule has 72 valence electrons. The normalized spacial score (nSPS) is 23.9. The number of hydrogen-bond donors (Lipinski definition) is 2. The molecule has 6 nitrogen and oxygen atoms in total. The van der Waals surface area contributed by atoms with Gasteiger partial charge in [-0.25, -0.2) is 0 Å². The fourth-order valence-corrected chi connectivity index (χ4v) is 1.45. The zero-order valence-electron chi connectivity index (χ0n) is 8.76. The van der Waals surface area contributed by atoms with Gasteiger partial charge in [-0.2, -0.15) is 0 Å². The van der Waals surface area contributed by atoms with Crippen LogP contribution in [0.5, 0.6) is 0 Å². The first kappa shape index (κ1) is 13.0. The van der Waals surface area contributed by atoms with Gasteiger partial charge in [-0.3, -0.25) is 0 Å². The van der Waals surface area contributed by atoms with Gasteiger partial charge in [0.25, 0.3) is 0 Å². The Balaban J connectivity index is 0. The van der Waals surface area contributed by atoms with Crippen molar-refractivity contribution in [2.24, 2.45) is 5.28 Å². The molecule has 1 heterocycles. The molecule has 2 N–H and O–H groups in total. The minimum Gasteiger partial charge on any atom is -1.00 e. The summed E-state index contributed by atoms with van der Waals surface area (Å²) in [5, 5.41) is 31.8. The van der Waals surface area contributed by atoms with Gasteiger partial charge < -0.3 is 16.9 Å². The molecule has 1 aliphatic heterocycles. The van der Waals surface area contributed by atoms with Gasteiger partial charge in [0.05, 0.1) is 18.1 Å². The van der Waals surface area contributed by atoms with Gasteiger partial charge >= 0.3 is 29.6 Å². The maximum absolute atomic E-state index is 10.9. The molecule has 1 unspecified atom stereocenters. The molecule has 1 aliphatic rings. The van der Waals surface area contributed by atoms with Crippen LogP contribution in [0.25, 0.3) is 0 Å². The number of piperidine rings is 1. The van der Waals surface area contributed by atoms with E-state index in [1.54, 1.807) is 0 Å². The molecule has 0 aliphatic carbocycles. The summed E-state index contributed by atoms with van der Waals surface area (Å²) in [5.41, 5.74) is 0. The van der Waals surface area contributed by atoms with E-state index in [0.29, 0.717) is 6.54 Å². The summed E-state index contributed by atoms with van der Waals surface area (Å²) in [4.78, 5) is 0.139. The van der Waals surface area contributed by atoms with Gasteiger partial charge in [0.15, 0.2) is 0 Å². The number of nitrogens with zero attached hydrogens (tertiary/aromatic N) is 3. The Morgan fingerprint density at radius 2 is 2.31 bits per heavy atom. The van der Waals surface area contributed by atoms with Crippen LogP contribution in [0.1, 0.15) is 20.7 Å². The minimum absolute atomic E-state index is 0. The topological polar surface area (TPSA) is 82.1 Å². The first-order valence-electron chi connectivity index (χ1n) is 3.99. The van der Waals surface area contributed by atoms with E-state index in [1.807, 2.05) is 0 Å². The molecule has 0 amide bonds. The minimum atomic E-state index is -0.202. The average Bonchev–Trinajstić information content (AvgIpc) is 2.16. The number of hydrazine groups is 1. The Kier molecular flexibility index (Phi) is 6.40. The predicted molar refractivity (Wildman–Crippen MR) is 40.4 cm³/mol. The molecule has 0 aromatic rings. The molecule has 0 radical (unpaired) electrons. The van der Waals surface area contributed by atoms with Crippen LogP contribution < -0.4 is 29.6 Å². The van der Waals surface area contributed by atoms with Crippen molar-refractivity contribution in [3.63, 3.8) is 0 Å². The fourth-order valence-electron chi connectivity index (χ4n) is 1.45. The van der Waals surface area contributed by atoms with Gasteiger partial charge in [-0.1, -0.05) is 0 Å².